The molecule has 2 aliphatic rings. The summed E-state index contributed by atoms with van der Waals surface area (Å²) >= 11 is 0. The number of benzene rings is 2. The lowest BCUT2D eigenvalue weighted by atomic mass is 10.1. The van der Waals surface area contributed by atoms with Gasteiger partial charge in [0.1, 0.15) is 35.1 Å². The van der Waals surface area contributed by atoms with Gasteiger partial charge in [-0.15, -0.1) is 6.58 Å². The first-order chi connectivity index (χ1) is 18.9. The number of carboxylic acids is 1. The summed E-state index contributed by atoms with van der Waals surface area (Å²) < 4.78 is 11.7. The first-order valence-electron chi connectivity index (χ1n) is 13.5. The van der Waals surface area contributed by atoms with Gasteiger partial charge in [0.25, 0.3) is 0 Å². The monoisotopic (exact) mass is 551 g/mol. The van der Waals surface area contributed by atoms with E-state index in [1.807, 2.05) is 42.5 Å². The number of nitrogens with zero attached hydrogens (tertiary/aromatic N) is 1. The molecule has 1 aliphatic carbocycles. The van der Waals surface area contributed by atoms with E-state index in [2.05, 4.69) is 17.2 Å². The fourth-order valence-corrected chi connectivity index (χ4v) is 5.16. The molecule has 1 heterocycles. The first kappa shape index (κ1) is 28.9. The second-order valence-electron chi connectivity index (χ2n) is 11.4. The molecule has 1 saturated heterocycles. The summed E-state index contributed by atoms with van der Waals surface area (Å²) in [7, 11) is 0. The van der Waals surface area contributed by atoms with Gasteiger partial charge in [0.15, 0.2) is 0 Å². The van der Waals surface area contributed by atoms with Crippen molar-refractivity contribution in [1.82, 2.24) is 15.5 Å². The Hall–Kier alpha value is -4.08. The number of alkyl carbamates (subject to hydrolysis) is 1. The van der Waals surface area contributed by atoms with Crippen LogP contribution in [0.3, 0.4) is 0 Å². The number of ether oxygens (including phenoxy) is 2. The average molecular weight is 552 g/mol. The van der Waals surface area contributed by atoms with Gasteiger partial charge in [-0.2, -0.15) is 0 Å². The lowest BCUT2D eigenvalue weighted by molar-refractivity contribution is -0.145. The van der Waals surface area contributed by atoms with Crippen LogP contribution in [-0.2, 0) is 19.1 Å². The fraction of sp³-hybridized carbons (Fsp3) is 0.467. The Morgan fingerprint density at radius 1 is 1.18 bits per heavy atom. The normalized spacial score (nSPS) is 24.6. The van der Waals surface area contributed by atoms with Crippen LogP contribution in [0.25, 0.3) is 10.8 Å². The van der Waals surface area contributed by atoms with Crippen molar-refractivity contribution in [3.05, 3.63) is 55.1 Å². The molecule has 0 spiro atoms. The van der Waals surface area contributed by atoms with Crippen molar-refractivity contribution in [2.75, 3.05) is 6.54 Å². The van der Waals surface area contributed by atoms with Gasteiger partial charge in [0.05, 0.1) is 6.54 Å². The number of fused-ring (bicyclic) bond motifs is 1. The molecule has 1 aliphatic heterocycles. The first-order valence-corrected chi connectivity index (χ1v) is 13.5. The zero-order valence-corrected chi connectivity index (χ0v) is 23.3. The maximum Gasteiger partial charge on any atom is 0.408 e. The van der Waals surface area contributed by atoms with Crippen molar-refractivity contribution in [3.63, 3.8) is 0 Å². The molecule has 0 aromatic heterocycles. The summed E-state index contributed by atoms with van der Waals surface area (Å²) in [5, 5.41) is 17.0. The van der Waals surface area contributed by atoms with E-state index in [0.717, 1.165) is 10.8 Å². The van der Waals surface area contributed by atoms with E-state index in [4.69, 9.17) is 9.47 Å². The Labute approximate surface area is 233 Å². The standard InChI is InChI=1S/C30H37N3O7/c1-6-19-16-30(19,27(36)37)32-25(34)23-15-20(39-24-14-10-12-18-11-8-9-13-21(18)24)17-33(23)26(35)22(7-2)31-28(38)40-29(3,4)5/h6,8-14,19-20,22-23H,1,7,15-17H2,2-5H3,(H,31,38)(H,32,34)(H,36,37)/t19-,20+,22-,23-,30-/m0/s1. The highest BCUT2D eigenvalue weighted by molar-refractivity contribution is 5.96. The highest BCUT2D eigenvalue weighted by Gasteiger charge is 2.61. The third-order valence-electron chi connectivity index (χ3n) is 7.32. The molecule has 10 nitrogen and oxygen atoms in total. The van der Waals surface area contributed by atoms with Crippen molar-refractivity contribution in [2.24, 2.45) is 5.92 Å². The molecular weight excluding hydrogens is 514 g/mol. The number of amides is 3. The molecule has 2 fully saturated rings. The highest BCUT2D eigenvalue weighted by Crippen LogP contribution is 2.45. The van der Waals surface area contributed by atoms with Crippen LogP contribution >= 0.6 is 0 Å². The van der Waals surface area contributed by atoms with Crippen LogP contribution in [0.2, 0.25) is 0 Å². The molecule has 4 rings (SSSR count). The number of hydrogen-bond acceptors (Lipinski definition) is 6. The van der Waals surface area contributed by atoms with Gasteiger partial charge in [0, 0.05) is 17.7 Å². The van der Waals surface area contributed by atoms with Gasteiger partial charge in [-0.05, 0) is 45.1 Å². The lowest BCUT2D eigenvalue weighted by Crippen LogP contribution is -2.56. The van der Waals surface area contributed by atoms with Crippen LogP contribution in [0, 0.1) is 5.92 Å². The van der Waals surface area contributed by atoms with Gasteiger partial charge in [-0.3, -0.25) is 9.59 Å². The van der Waals surface area contributed by atoms with Crippen LogP contribution in [0.5, 0.6) is 5.75 Å². The van der Waals surface area contributed by atoms with Crippen molar-refractivity contribution >= 4 is 34.6 Å². The maximum atomic E-state index is 13.7. The number of rotatable bonds is 9. The smallest absolute Gasteiger partial charge is 0.408 e. The SMILES string of the molecule is C=C[C@H]1C[C@@]1(NC(=O)[C@@H]1C[C@@H](Oc2cccc3ccccc23)CN1C(=O)[C@H](CC)NC(=O)OC(C)(C)C)C(=O)O. The molecular formula is C30H37N3O7. The third-order valence-corrected chi connectivity index (χ3v) is 7.32. The third kappa shape index (κ3) is 6.05. The molecule has 2 aromatic carbocycles. The van der Waals surface area contributed by atoms with Crippen molar-refractivity contribution < 1.29 is 33.8 Å². The largest absolute Gasteiger partial charge is 0.488 e. The number of carboxylic acid groups (broad SMARTS) is 1. The van der Waals surface area contributed by atoms with E-state index in [-0.39, 0.29) is 25.8 Å². The molecule has 0 unspecified atom stereocenters. The summed E-state index contributed by atoms with van der Waals surface area (Å²) in [4.78, 5) is 53.1. The summed E-state index contributed by atoms with van der Waals surface area (Å²) in [6.07, 6.45) is 0.864. The second kappa shape index (κ2) is 11.2. The minimum Gasteiger partial charge on any atom is -0.488 e. The maximum absolute atomic E-state index is 13.7. The highest BCUT2D eigenvalue weighted by atomic mass is 16.6. The zero-order chi connectivity index (χ0) is 29.2. The van der Waals surface area contributed by atoms with E-state index in [9.17, 15) is 24.3 Å². The Morgan fingerprint density at radius 2 is 1.88 bits per heavy atom. The summed E-state index contributed by atoms with van der Waals surface area (Å²) in [5.74, 6) is -2.00. The molecule has 5 atom stereocenters. The Morgan fingerprint density at radius 3 is 2.50 bits per heavy atom. The molecule has 3 N–H and O–H groups in total. The van der Waals surface area contributed by atoms with Crippen LogP contribution in [0.15, 0.2) is 55.1 Å². The number of carbonyl (C=O) groups excluding carboxylic acids is 3. The number of likely N-dealkylation sites (tertiary alicyclic amines) is 1. The number of carbonyl (C=O) groups is 4. The molecule has 10 heteroatoms. The van der Waals surface area contributed by atoms with Crippen LogP contribution < -0.4 is 15.4 Å². The lowest BCUT2D eigenvalue weighted by Gasteiger charge is -2.29. The minimum atomic E-state index is -1.44. The van der Waals surface area contributed by atoms with Gasteiger partial charge < -0.3 is 30.1 Å². The Bertz CT molecular complexity index is 1310. The van der Waals surface area contributed by atoms with Crippen LogP contribution in [-0.4, -0.2) is 69.8 Å². The number of hydrogen-bond donors (Lipinski definition) is 3. The van der Waals surface area contributed by atoms with Gasteiger partial charge in [-0.25, -0.2) is 9.59 Å². The van der Waals surface area contributed by atoms with E-state index >= 15 is 0 Å². The zero-order valence-electron chi connectivity index (χ0n) is 23.3. The fourth-order valence-electron chi connectivity index (χ4n) is 5.16. The quantitative estimate of drug-likeness (QED) is 0.405. The van der Waals surface area contributed by atoms with Gasteiger partial charge in [0.2, 0.25) is 11.8 Å². The molecule has 0 bridgehead atoms. The molecule has 0 radical (unpaired) electrons. The molecule has 2 aromatic rings. The van der Waals surface area contributed by atoms with E-state index in [1.165, 1.54) is 11.0 Å². The predicted molar refractivity (Wildman–Crippen MR) is 149 cm³/mol. The molecule has 1 saturated carbocycles. The summed E-state index contributed by atoms with van der Waals surface area (Å²) in [5.41, 5.74) is -2.20. The number of nitrogens with one attached hydrogen (secondary N) is 2. The van der Waals surface area contributed by atoms with E-state index < -0.39 is 59.1 Å². The van der Waals surface area contributed by atoms with E-state index in [0.29, 0.717) is 5.75 Å². The van der Waals surface area contributed by atoms with Crippen LogP contribution in [0.4, 0.5) is 4.79 Å². The van der Waals surface area contributed by atoms with Crippen molar-refractivity contribution in [2.45, 2.75) is 76.3 Å². The number of aliphatic carboxylic acids is 1. The molecule has 40 heavy (non-hydrogen) atoms. The van der Waals surface area contributed by atoms with Crippen molar-refractivity contribution in [1.29, 1.82) is 0 Å². The van der Waals surface area contributed by atoms with Crippen LogP contribution in [0.1, 0.15) is 47.0 Å². The van der Waals surface area contributed by atoms with Crippen molar-refractivity contribution in [3.8, 4) is 5.75 Å². The summed E-state index contributed by atoms with van der Waals surface area (Å²) in [6, 6.07) is 11.5. The Kier molecular flexibility index (Phi) is 8.09. The van der Waals surface area contributed by atoms with Gasteiger partial charge >= 0.3 is 12.1 Å². The minimum absolute atomic E-state index is 0.0810. The summed E-state index contributed by atoms with van der Waals surface area (Å²) in [6.45, 7) is 10.7. The second-order valence-corrected chi connectivity index (χ2v) is 11.4. The predicted octanol–water partition coefficient (Wildman–Crippen LogP) is 3.64. The van der Waals surface area contributed by atoms with E-state index in [1.54, 1.807) is 27.7 Å². The molecule has 3 amide bonds. The average Bonchev–Trinajstić information content (AvgIpc) is 3.46. The van der Waals surface area contributed by atoms with Gasteiger partial charge in [-0.1, -0.05) is 49.4 Å². The Balaban J connectivity index is 1.58. The molecule has 214 valence electrons. The topological polar surface area (TPSA) is 134 Å².